The first-order chi connectivity index (χ1) is 21.2. The Morgan fingerprint density at radius 3 is 2.27 bits per heavy atom. The summed E-state index contributed by atoms with van der Waals surface area (Å²) in [7, 11) is 3.06. The van der Waals surface area contributed by atoms with Crippen molar-refractivity contribution in [3.63, 3.8) is 0 Å². The molecule has 0 bridgehead atoms. The van der Waals surface area contributed by atoms with Crippen molar-refractivity contribution in [2.75, 3.05) is 27.4 Å². The lowest BCUT2D eigenvalue weighted by atomic mass is 9.43. The molecular formula is C35H60O10. The molecule has 1 heterocycles. The normalized spacial score (nSPS) is 50.2. The molecule has 10 heteroatoms. The van der Waals surface area contributed by atoms with Gasteiger partial charge in [0.2, 0.25) is 0 Å². The molecule has 4 fully saturated rings. The molecule has 10 nitrogen and oxygen atoms in total. The van der Waals surface area contributed by atoms with Crippen molar-refractivity contribution in [1.82, 2.24) is 0 Å². The summed E-state index contributed by atoms with van der Waals surface area (Å²) in [5, 5.41) is 67.5. The van der Waals surface area contributed by atoms with Gasteiger partial charge in [-0.3, -0.25) is 0 Å². The fraction of sp³-hybridized carbons (Fsp3) is 0.943. The van der Waals surface area contributed by atoms with Crippen LogP contribution >= 0.6 is 0 Å². The molecule has 0 radical (unpaired) electrons. The second-order valence-electron chi connectivity index (χ2n) is 15.9. The molecule has 5 rings (SSSR count). The van der Waals surface area contributed by atoms with E-state index in [4.69, 9.17) is 18.9 Å². The number of fused-ring (bicyclic) bond motifs is 5. The van der Waals surface area contributed by atoms with Gasteiger partial charge in [0.25, 0.3) is 0 Å². The maximum absolute atomic E-state index is 12.7. The average molecular weight is 641 g/mol. The second-order valence-corrected chi connectivity index (χ2v) is 15.9. The third-order valence-electron chi connectivity index (χ3n) is 13.5. The summed E-state index contributed by atoms with van der Waals surface area (Å²) < 4.78 is 23.2. The van der Waals surface area contributed by atoms with E-state index in [0.29, 0.717) is 18.8 Å². The summed E-state index contributed by atoms with van der Waals surface area (Å²) in [5.74, 6) is -0.246. The molecule has 4 aliphatic carbocycles. The highest BCUT2D eigenvalue weighted by Gasteiger charge is 2.72. The summed E-state index contributed by atoms with van der Waals surface area (Å²) in [6.07, 6.45) is 0.645. The summed E-state index contributed by atoms with van der Waals surface area (Å²) in [4.78, 5) is 0. The molecule has 45 heavy (non-hydrogen) atoms. The topological polar surface area (TPSA) is 158 Å². The molecule has 0 aromatic carbocycles. The predicted octanol–water partition coefficient (Wildman–Crippen LogP) is 2.41. The van der Waals surface area contributed by atoms with Gasteiger partial charge in [-0.1, -0.05) is 53.5 Å². The highest BCUT2D eigenvalue weighted by molar-refractivity contribution is 5.33. The second kappa shape index (κ2) is 13.3. The predicted molar refractivity (Wildman–Crippen MR) is 167 cm³/mol. The van der Waals surface area contributed by atoms with E-state index < -0.39 is 65.3 Å². The summed E-state index contributed by atoms with van der Waals surface area (Å²) >= 11 is 0. The van der Waals surface area contributed by atoms with Gasteiger partial charge in [0.1, 0.15) is 18.3 Å². The molecule has 0 aromatic rings. The standard InChI is InChI=1S/C35H60O10/c1-18(20(3)16-36)8-9-19(2)26-27(39)28(40)31-34(26,5)13-11-25-33(4)12-10-21(14-22(33)23(37)15-35(25,31)41)45-32-30(43-7)29(42-6)24(38)17-44-32/h14,18-21,23-32,36-41H,8-13,15-17H2,1-7H3/t18-,19-,20+,21+,23-,24-,25-,26+,27-,28+,29+,30-,31-,32+,33+,34-,35+/m1/s1. The molecular weight excluding hydrogens is 580 g/mol. The van der Waals surface area contributed by atoms with E-state index in [1.165, 1.54) is 14.2 Å². The Morgan fingerprint density at radius 2 is 1.62 bits per heavy atom. The van der Waals surface area contributed by atoms with Crippen LogP contribution in [0.3, 0.4) is 0 Å². The summed E-state index contributed by atoms with van der Waals surface area (Å²) in [6, 6.07) is 0. The van der Waals surface area contributed by atoms with Gasteiger partial charge in [-0.25, -0.2) is 0 Å². The first-order valence-corrected chi connectivity index (χ1v) is 17.3. The Kier molecular flexibility index (Phi) is 10.6. The zero-order valence-electron chi connectivity index (χ0n) is 28.3. The van der Waals surface area contributed by atoms with E-state index in [9.17, 15) is 30.6 Å². The minimum absolute atomic E-state index is 0.0660. The van der Waals surface area contributed by atoms with Crippen LogP contribution in [0, 0.1) is 46.3 Å². The Balaban J connectivity index is 1.36. The SMILES string of the molecule is CO[C@@H]1[C@@H](OC)[C@H](O[C@@H]2C=C3[C@H](O)C[C@@]4(O)[C@@H]5[C@@H](O)[C@H](O)[C@H]([C@H](C)CC[C@@H](C)[C@@H](C)CO)[C@@]5(C)CC[C@@H]4[C@@]3(C)CC2)OC[C@H]1O. The maximum atomic E-state index is 12.7. The Labute approximate surface area is 269 Å². The van der Waals surface area contributed by atoms with Crippen molar-refractivity contribution in [3.05, 3.63) is 11.6 Å². The van der Waals surface area contributed by atoms with Gasteiger partial charge in [-0.2, -0.15) is 0 Å². The van der Waals surface area contributed by atoms with E-state index in [0.717, 1.165) is 31.3 Å². The van der Waals surface area contributed by atoms with Crippen LogP contribution in [0.4, 0.5) is 0 Å². The fourth-order valence-corrected chi connectivity index (χ4v) is 10.8. The van der Waals surface area contributed by atoms with Crippen molar-refractivity contribution in [3.8, 4) is 0 Å². The molecule has 1 saturated heterocycles. The van der Waals surface area contributed by atoms with Crippen LogP contribution in [0.2, 0.25) is 0 Å². The van der Waals surface area contributed by atoms with Gasteiger partial charge in [0.05, 0.1) is 36.6 Å². The molecule has 17 atom stereocenters. The quantitative estimate of drug-likeness (QED) is 0.196. The number of hydrogen-bond donors (Lipinski definition) is 6. The van der Waals surface area contributed by atoms with Gasteiger partial charge in [0, 0.05) is 33.2 Å². The van der Waals surface area contributed by atoms with Crippen molar-refractivity contribution < 1.29 is 49.6 Å². The molecule has 0 aromatic heterocycles. The van der Waals surface area contributed by atoms with Crippen molar-refractivity contribution >= 4 is 0 Å². The molecule has 6 N–H and O–H groups in total. The van der Waals surface area contributed by atoms with E-state index in [2.05, 4.69) is 34.6 Å². The lowest BCUT2D eigenvalue weighted by Gasteiger charge is -2.64. The Hall–Kier alpha value is -0.660. The fourth-order valence-electron chi connectivity index (χ4n) is 10.8. The van der Waals surface area contributed by atoms with Gasteiger partial charge >= 0.3 is 0 Å². The van der Waals surface area contributed by atoms with E-state index in [1.807, 2.05) is 6.08 Å². The number of rotatable bonds is 10. The molecule has 5 aliphatic rings. The zero-order chi connectivity index (χ0) is 33.1. The van der Waals surface area contributed by atoms with E-state index >= 15 is 0 Å². The molecule has 3 saturated carbocycles. The Morgan fingerprint density at radius 1 is 0.933 bits per heavy atom. The summed E-state index contributed by atoms with van der Waals surface area (Å²) in [5.41, 5.74) is -1.47. The third kappa shape index (κ3) is 5.87. The van der Waals surface area contributed by atoms with Crippen LogP contribution in [-0.2, 0) is 18.9 Å². The molecule has 0 amide bonds. The highest BCUT2D eigenvalue weighted by Crippen LogP contribution is 2.69. The monoisotopic (exact) mass is 640 g/mol. The van der Waals surface area contributed by atoms with Gasteiger partial charge in [-0.15, -0.1) is 0 Å². The maximum Gasteiger partial charge on any atom is 0.187 e. The third-order valence-corrected chi connectivity index (χ3v) is 13.5. The lowest BCUT2D eigenvalue weighted by Crippen LogP contribution is -2.66. The van der Waals surface area contributed by atoms with Crippen LogP contribution < -0.4 is 0 Å². The van der Waals surface area contributed by atoms with Crippen molar-refractivity contribution in [1.29, 1.82) is 0 Å². The van der Waals surface area contributed by atoms with E-state index in [-0.39, 0.29) is 49.4 Å². The lowest BCUT2D eigenvalue weighted by molar-refractivity contribution is -0.289. The number of aliphatic hydroxyl groups excluding tert-OH is 5. The van der Waals surface area contributed by atoms with Crippen LogP contribution in [-0.4, -0.2) is 113 Å². The summed E-state index contributed by atoms with van der Waals surface area (Å²) in [6.45, 7) is 10.8. The van der Waals surface area contributed by atoms with Crippen LogP contribution in [0.25, 0.3) is 0 Å². The minimum Gasteiger partial charge on any atom is -0.396 e. The number of ether oxygens (including phenoxy) is 4. The van der Waals surface area contributed by atoms with Gasteiger partial charge in [0.15, 0.2) is 6.29 Å². The molecule has 1 aliphatic heterocycles. The van der Waals surface area contributed by atoms with Gasteiger partial charge < -0.3 is 49.6 Å². The molecule has 260 valence electrons. The number of methoxy groups -OCH3 is 2. The largest absolute Gasteiger partial charge is 0.396 e. The van der Waals surface area contributed by atoms with Crippen LogP contribution in [0.1, 0.15) is 79.6 Å². The zero-order valence-corrected chi connectivity index (χ0v) is 28.3. The number of aliphatic hydroxyl groups is 6. The van der Waals surface area contributed by atoms with Crippen LogP contribution in [0.5, 0.6) is 0 Å². The molecule has 0 spiro atoms. The van der Waals surface area contributed by atoms with Crippen LogP contribution in [0.15, 0.2) is 11.6 Å². The average Bonchev–Trinajstić information content (AvgIpc) is 3.21. The van der Waals surface area contributed by atoms with E-state index in [1.54, 1.807) is 0 Å². The number of hydrogen-bond acceptors (Lipinski definition) is 10. The first kappa shape index (κ1) is 35.6. The van der Waals surface area contributed by atoms with Crippen molar-refractivity contribution in [2.45, 2.75) is 134 Å². The highest BCUT2D eigenvalue weighted by atomic mass is 16.7. The Bertz CT molecular complexity index is 1060. The molecule has 0 unspecified atom stereocenters. The minimum atomic E-state index is -1.34. The van der Waals surface area contributed by atoms with Crippen molar-refractivity contribution in [2.24, 2.45) is 46.3 Å². The first-order valence-electron chi connectivity index (χ1n) is 17.3. The van der Waals surface area contributed by atoms with Gasteiger partial charge in [-0.05, 0) is 71.7 Å². The smallest absolute Gasteiger partial charge is 0.187 e.